The van der Waals surface area contributed by atoms with Crippen LogP contribution in [-0.4, -0.2) is 33.0 Å². The maximum atomic E-state index is 11.3. The van der Waals surface area contributed by atoms with E-state index in [1.807, 2.05) is 0 Å². The van der Waals surface area contributed by atoms with Crippen LogP contribution in [0.1, 0.15) is 10.4 Å². The molecule has 0 aliphatic carbocycles. The number of nitro groups is 3. The molecule has 13 heteroatoms. The fraction of sp³-hybridized carbons (Fsp3) is 0.0714. The molecule has 0 radical (unpaired) electrons. The van der Waals surface area contributed by atoms with Crippen LogP contribution in [-0.2, 0) is 0 Å². The average Bonchev–Trinajstić information content (AvgIpc) is 2.60. The molecule has 2 aromatic carbocycles. The molecule has 0 saturated heterocycles. The molecule has 0 fully saturated rings. The first-order valence-corrected chi connectivity index (χ1v) is 7.67. The zero-order valence-electron chi connectivity index (χ0n) is 13.3. The molecule has 12 nitrogen and oxygen atoms in total. The predicted octanol–water partition coefficient (Wildman–Crippen LogP) is 3.27. The summed E-state index contributed by atoms with van der Waals surface area (Å²) in [6.07, 6.45) is 0. The molecule has 0 saturated carbocycles. The van der Waals surface area contributed by atoms with Crippen molar-refractivity contribution in [2.45, 2.75) is 9.79 Å². The molecule has 0 spiro atoms. The number of methoxy groups -OCH3 is 1. The number of hydrogen-bond acceptors (Lipinski definition) is 9. The maximum Gasteiger partial charge on any atom is 0.335 e. The van der Waals surface area contributed by atoms with Crippen LogP contribution in [0.4, 0.5) is 17.1 Å². The SMILES string of the molecule is COc1cc(Sc2cc(C(=O)O)ccc2[N+](=O)[O-])c([N+](=O)[O-])cc1[N+](=O)[O-]. The normalized spacial score (nSPS) is 10.3. The van der Waals surface area contributed by atoms with Crippen LogP contribution < -0.4 is 4.74 Å². The van der Waals surface area contributed by atoms with E-state index in [-0.39, 0.29) is 21.1 Å². The number of aromatic carboxylic acids is 1. The van der Waals surface area contributed by atoms with Crippen molar-refractivity contribution in [2.24, 2.45) is 0 Å². The highest BCUT2D eigenvalue weighted by molar-refractivity contribution is 7.99. The van der Waals surface area contributed by atoms with Gasteiger partial charge in [-0.2, -0.15) is 0 Å². The van der Waals surface area contributed by atoms with Crippen molar-refractivity contribution in [2.75, 3.05) is 7.11 Å². The lowest BCUT2D eigenvalue weighted by Crippen LogP contribution is -2.00. The third kappa shape index (κ3) is 4.09. The standard InChI is InChI=1S/C14H9N3O9S/c1-26-11-6-13(10(17(24)25)5-9(11)16(22)23)27-12-4-7(14(18)19)2-3-8(12)15(20)21/h2-6H,1H3,(H,18,19). The van der Waals surface area contributed by atoms with E-state index in [0.717, 1.165) is 31.4 Å². The van der Waals surface area contributed by atoms with E-state index in [1.165, 1.54) is 0 Å². The van der Waals surface area contributed by atoms with Gasteiger partial charge in [-0.15, -0.1) is 0 Å². The number of hydrogen-bond donors (Lipinski definition) is 1. The van der Waals surface area contributed by atoms with Crippen molar-refractivity contribution >= 4 is 34.8 Å². The van der Waals surface area contributed by atoms with Gasteiger partial charge in [0.05, 0.1) is 43.3 Å². The Morgan fingerprint density at radius 2 is 1.48 bits per heavy atom. The van der Waals surface area contributed by atoms with Crippen molar-refractivity contribution in [3.8, 4) is 5.75 Å². The Balaban J connectivity index is 2.67. The largest absolute Gasteiger partial charge is 0.490 e. The first kappa shape index (κ1) is 19.6. The number of carboxylic acid groups (broad SMARTS) is 1. The van der Waals surface area contributed by atoms with Gasteiger partial charge in [-0.3, -0.25) is 30.3 Å². The van der Waals surface area contributed by atoms with Gasteiger partial charge in [-0.1, -0.05) is 11.8 Å². The average molecular weight is 395 g/mol. The highest BCUT2D eigenvalue weighted by Gasteiger charge is 2.28. The van der Waals surface area contributed by atoms with E-state index in [4.69, 9.17) is 9.84 Å². The molecule has 27 heavy (non-hydrogen) atoms. The number of carbonyl (C=O) groups is 1. The number of nitro benzene ring substituents is 3. The van der Waals surface area contributed by atoms with Gasteiger partial charge in [0.25, 0.3) is 11.4 Å². The van der Waals surface area contributed by atoms with Crippen LogP contribution >= 0.6 is 11.8 Å². The second kappa shape index (κ2) is 7.65. The summed E-state index contributed by atoms with van der Waals surface area (Å²) in [7, 11) is 1.12. The van der Waals surface area contributed by atoms with E-state index in [9.17, 15) is 35.1 Å². The molecule has 0 aliphatic rings. The molecule has 0 aliphatic heterocycles. The Kier molecular flexibility index (Phi) is 5.55. The first-order valence-electron chi connectivity index (χ1n) is 6.86. The van der Waals surface area contributed by atoms with Crippen LogP contribution in [0.3, 0.4) is 0 Å². The summed E-state index contributed by atoms with van der Waals surface area (Å²) in [4.78, 5) is 41.7. The number of benzene rings is 2. The number of nitrogens with zero attached hydrogens (tertiary/aromatic N) is 3. The van der Waals surface area contributed by atoms with Crippen LogP contribution in [0.25, 0.3) is 0 Å². The molecule has 0 unspecified atom stereocenters. The summed E-state index contributed by atoms with van der Waals surface area (Å²) in [6.45, 7) is 0. The lowest BCUT2D eigenvalue weighted by atomic mass is 10.2. The zero-order chi connectivity index (χ0) is 20.3. The van der Waals surface area contributed by atoms with E-state index in [0.29, 0.717) is 17.8 Å². The lowest BCUT2D eigenvalue weighted by molar-refractivity contribution is -0.396. The fourth-order valence-corrected chi connectivity index (χ4v) is 3.14. The third-order valence-electron chi connectivity index (χ3n) is 3.28. The second-order valence-electron chi connectivity index (χ2n) is 4.85. The summed E-state index contributed by atoms with van der Waals surface area (Å²) >= 11 is 0.530. The molecular formula is C14H9N3O9S. The first-order chi connectivity index (χ1) is 12.6. The van der Waals surface area contributed by atoms with E-state index < -0.39 is 37.8 Å². The summed E-state index contributed by atoms with van der Waals surface area (Å²) in [6, 6.07) is 4.64. The molecule has 0 amide bonds. The van der Waals surface area contributed by atoms with Crippen LogP contribution in [0.2, 0.25) is 0 Å². The smallest absolute Gasteiger partial charge is 0.335 e. The van der Waals surface area contributed by atoms with Gasteiger partial charge >= 0.3 is 11.7 Å². The maximum absolute atomic E-state index is 11.3. The topological polar surface area (TPSA) is 176 Å². The number of ether oxygens (including phenoxy) is 1. The fourth-order valence-electron chi connectivity index (χ4n) is 2.07. The van der Waals surface area contributed by atoms with E-state index >= 15 is 0 Å². The summed E-state index contributed by atoms with van der Waals surface area (Å²) in [5, 5.41) is 42.5. The molecule has 140 valence electrons. The summed E-state index contributed by atoms with van der Waals surface area (Å²) in [5.74, 6) is -1.63. The molecular weight excluding hydrogens is 386 g/mol. The van der Waals surface area contributed by atoms with Crippen molar-refractivity contribution in [3.05, 3.63) is 66.2 Å². The van der Waals surface area contributed by atoms with Crippen LogP contribution in [0.15, 0.2) is 40.1 Å². The third-order valence-corrected chi connectivity index (χ3v) is 4.37. The van der Waals surface area contributed by atoms with Gasteiger partial charge in [0.1, 0.15) is 0 Å². The van der Waals surface area contributed by atoms with Gasteiger partial charge in [0.2, 0.25) is 0 Å². The zero-order valence-corrected chi connectivity index (χ0v) is 14.2. The minimum atomic E-state index is -1.34. The lowest BCUT2D eigenvalue weighted by Gasteiger charge is -2.08. The Bertz CT molecular complexity index is 977. The Labute approximate surface area is 153 Å². The second-order valence-corrected chi connectivity index (χ2v) is 5.94. The monoisotopic (exact) mass is 395 g/mol. The van der Waals surface area contributed by atoms with E-state index in [1.54, 1.807) is 0 Å². The Morgan fingerprint density at radius 1 is 0.926 bits per heavy atom. The molecule has 2 aromatic rings. The van der Waals surface area contributed by atoms with Gasteiger partial charge in [0, 0.05) is 12.1 Å². The highest BCUT2D eigenvalue weighted by atomic mass is 32.2. The van der Waals surface area contributed by atoms with Gasteiger partial charge < -0.3 is 9.84 Å². The van der Waals surface area contributed by atoms with Crippen molar-refractivity contribution in [1.29, 1.82) is 0 Å². The molecule has 1 N–H and O–H groups in total. The molecule has 0 bridgehead atoms. The van der Waals surface area contributed by atoms with Crippen LogP contribution in [0, 0.1) is 30.3 Å². The highest BCUT2D eigenvalue weighted by Crippen LogP contribution is 2.44. The Morgan fingerprint density at radius 3 is 1.96 bits per heavy atom. The van der Waals surface area contributed by atoms with Crippen molar-refractivity contribution < 1.29 is 29.4 Å². The van der Waals surface area contributed by atoms with E-state index in [2.05, 4.69) is 0 Å². The minimum Gasteiger partial charge on any atom is -0.490 e. The Hall–Kier alpha value is -3.74. The van der Waals surface area contributed by atoms with Crippen molar-refractivity contribution in [3.63, 3.8) is 0 Å². The van der Waals surface area contributed by atoms with Crippen molar-refractivity contribution in [1.82, 2.24) is 0 Å². The van der Waals surface area contributed by atoms with Crippen LogP contribution in [0.5, 0.6) is 5.75 Å². The quantitative estimate of drug-likeness (QED) is 0.540. The molecule has 2 rings (SSSR count). The molecule has 0 atom stereocenters. The van der Waals surface area contributed by atoms with Gasteiger partial charge in [0.15, 0.2) is 5.75 Å². The summed E-state index contributed by atoms with van der Waals surface area (Å²) in [5.41, 5.74) is -2.07. The van der Waals surface area contributed by atoms with Gasteiger partial charge in [-0.05, 0) is 12.1 Å². The summed E-state index contributed by atoms with van der Waals surface area (Å²) < 4.78 is 4.85. The van der Waals surface area contributed by atoms with Gasteiger partial charge in [-0.25, -0.2) is 4.79 Å². The molecule has 0 aromatic heterocycles. The predicted molar refractivity (Wildman–Crippen MR) is 90.5 cm³/mol. The number of carboxylic acids is 1. The number of rotatable bonds is 7. The minimum absolute atomic E-state index is 0.182. The molecule has 0 heterocycles.